The van der Waals surface area contributed by atoms with Crippen molar-refractivity contribution in [1.82, 2.24) is 0 Å². The quantitative estimate of drug-likeness (QED) is 0.673. The molecule has 20 heavy (non-hydrogen) atoms. The van der Waals surface area contributed by atoms with Gasteiger partial charge in [0.15, 0.2) is 0 Å². The van der Waals surface area contributed by atoms with E-state index >= 15 is 0 Å². The molecular formula is C14H16O6. The predicted octanol–water partition coefficient (Wildman–Crippen LogP) is 0.204. The third-order valence-electron chi connectivity index (χ3n) is 5.05. The lowest BCUT2D eigenvalue weighted by Crippen LogP contribution is -2.40. The van der Waals surface area contributed by atoms with Gasteiger partial charge in [-0.25, -0.2) is 9.59 Å². The maximum absolute atomic E-state index is 12.0. The maximum atomic E-state index is 12.0. The number of ether oxygens (including phenoxy) is 4. The van der Waals surface area contributed by atoms with E-state index in [1.165, 1.54) is 14.2 Å². The lowest BCUT2D eigenvalue weighted by atomic mass is 9.69. The molecule has 0 unspecified atom stereocenters. The minimum atomic E-state index is -0.501. The standard InChI is InChI=1S/C14H16O6/c1-17-13(15)9-10(14(16)18-2)12-8-6-4-3-5(19-6)7(8)11(9)20-12/h5-8,11-12H,3-4H2,1-2H3/t5-,6-,7-,8-,11+,12+/m1/s1. The highest BCUT2D eigenvalue weighted by Crippen LogP contribution is 2.58. The molecule has 6 nitrogen and oxygen atoms in total. The van der Waals surface area contributed by atoms with Crippen LogP contribution in [0.25, 0.3) is 0 Å². The molecule has 4 bridgehead atoms. The molecule has 0 saturated carbocycles. The van der Waals surface area contributed by atoms with Crippen LogP contribution < -0.4 is 0 Å². The van der Waals surface area contributed by atoms with E-state index in [1.807, 2.05) is 0 Å². The summed E-state index contributed by atoms with van der Waals surface area (Å²) in [5.41, 5.74) is 0.670. The molecule has 0 aromatic rings. The van der Waals surface area contributed by atoms with Gasteiger partial charge in [0.2, 0.25) is 0 Å². The second-order valence-corrected chi connectivity index (χ2v) is 5.73. The largest absolute Gasteiger partial charge is 0.466 e. The summed E-state index contributed by atoms with van der Waals surface area (Å²) < 4.78 is 21.5. The van der Waals surface area contributed by atoms with Gasteiger partial charge in [-0.2, -0.15) is 0 Å². The zero-order valence-electron chi connectivity index (χ0n) is 11.3. The molecule has 108 valence electrons. The Morgan fingerprint density at radius 1 is 0.900 bits per heavy atom. The number of rotatable bonds is 2. The van der Waals surface area contributed by atoms with Crippen LogP contribution in [0.5, 0.6) is 0 Å². The van der Waals surface area contributed by atoms with Crippen molar-refractivity contribution in [2.45, 2.75) is 37.3 Å². The minimum absolute atomic E-state index is 0.138. The maximum Gasteiger partial charge on any atom is 0.337 e. The van der Waals surface area contributed by atoms with E-state index < -0.39 is 11.9 Å². The number of carbonyl (C=O) groups excluding carboxylic acids is 2. The molecule has 0 N–H and O–H groups in total. The fourth-order valence-electron chi connectivity index (χ4n) is 4.38. The van der Waals surface area contributed by atoms with Gasteiger partial charge in [0.1, 0.15) is 0 Å². The van der Waals surface area contributed by atoms with Gasteiger partial charge in [0, 0.05) is 11.8 Å². The highest BCUT2D eigenvalue weighted by atomic mass is 16.6. The average Bonchev–Trinajstić information content (AvgIpc) is 3.20. The molecule has 0 aromatic carbocycles. The van der Waals surface area contributed by atoms with Crippen LogP contribution in [0.4, 0.5) is 0 Å². The first kappa shape index (κ1) is 12.3. The lowest BCUT2D eigenvalue weighted by Gasteiger charge is -2.29. The normalized spacial score (nSPS) is 43.9. The Bertz CT molecular complexity index is 480. The molecule has 0 amide bonds. The second kappa shape index (κ2) is 4.05. The molecule has 4 aliphatic rings. The van der Waals surface area contributed by atoms with Crippen LogP contribution in [-0.4, -0.2) is 50.6 Å². The van der Waals surface area contributed by atoms with Gasteiger partial charge >= 0.3 is 11.9 Å². The van der Waals surface area contributed by atoms with Gasteiger partial charge in [0.25, 0.3) is 0 Å². The SMILES string of the molecule is COC(=O)C1=C(C(=O)OC)[C@H]2O[C@H]1[C@H]1[C@H]2[C@H]2CC[C@H]1O2. The summed E-state index contributed by atoms with van der Waals surface area (Å²) >= 11 is 0. The molecule has 3 fully saturated rings. The zero-order chi connectivity index (χ0) is 14.0. The molecule has 0 radical (unpaired) electrons. The topological polar surface area (TPSA) is 71.1 Å². The summed E-state index contributed by atoms with van der Waals surface area (Å²) in [6.45, 7) is 0. The molecule has 3 saturated heterocycles. The second-order valence-electron chi connectivity index (χ2n) is 5.73. The third-order valence-corrected chi connectivity index (χ3v) is 5.05. The van der Waals surface area contributed by atoms with Crippen LogP contribution in [0.2, 0.25) is 0 Å². The van der Waals surface area contributed by atoms with Gasteiger partial charge in [-0.1, -0.05) is 0 Å². The molecule has 0 aromatic heterocycles. The summed E-state index contributed by atoms with van der Waals surface area (Å²) in [7, 11) is 2.62. The summed E-state index contributed by atoms with van der Waals surface area (Å²) in [5.74, 6) is -0.666. The fraction of sp³-hybridized carbons (Fsp3) is 0.714. The van der Waals surface area contributed by atoms with Crippen molar-refractivity contribution in [1.29, 1.82) is 0 Å². The Morgan fingerprint density at radius 2 is 1.35 bits per heavy atom. The van der Waals surface area contributed by atoms with Crippen LogP contribution >= 0.6 is 0 Å². The molecule has 4 aliphatic heterocycles. The molecule has 6 atom stereocenters. The first-order chi connectivity index (χ1) is 9.67. The average molecular weight is 280 g/mol. The fourth-order valence-corrected chi connectivity index (χ4v) is 4.38. The van der Waals surface area contributed by atoms with E-state index in [4.69, 9.17) is 18.9 Å². The van der Waals surface area contributed by atoms with Crippen molar-refractivity contribution in [2.75, 3.05) is 14.2 Å². The van der Waals surface area contributed by atoms with Crippen LogP contribution in [0.3, 0.4) is 0 Å². The summed E-state index contributed by atoms with van der Waals surface area (Å²) in [6, 6.07) is 0. The number of hydrogen-bond acceptors (Lipinski definition) is 6. The molecule has 6 heteroatoms. The Morgan fingerprint density at radius 3 is 1.75 bits per heavy atom. The molecule has 0 aliphatic carbocycles. The lowest BCUT2D eigenvalue weighted by molar-refractivity contribution is -0.139. The van der Waals surface area contributed by atoms with Crippen LogP contribution in [-0.2, 0) is 28.5 Å². The van der Waals surface area contributed by atoms with Gasteiger partial charge in [-0.05, 0) is 12.8 Å². The van der Waals surface area contributed by atoms with Crippen molar-refractivity contribution in [3.8, 4) is 0 Å². The van der Waals surface area contributed by atoms with E-state index in [-0.39, 0.29) is 36.3 Å². The number of fused-ring (bicyclic) bond motifs is 9. The first-order valence-electron chi connectivity index (χ1n) is 6.89. The monoisotopic (exact) mass is 280 g/mol. The van der Waals surface area contributed by atoms with E-state index in [1.54, 1.807) is 0 Å². The van der Waals surface area contributed by atoms with Gasteiger partial charge in [-0.15, -0.1) is 0 Å². The Hall–Kier alpha value is -1.40. The number of methoxy groups -OCH3 is 2. The Balaban J connectivity index is 1.79. The van der Waals surface area contributed by atoms with Gasteiger partial charge in [0.05, 0.1) is 49.8 Å². The predicted molar refractivity (Wildman–Crippen MR) is 64.6 cm³/mol. The van der Waals surface area contributed by atoms with E-state index in [0.29, 0.717) is 11.1 Å². The highest BCUT2D eigenvalue weighted by molar-refractivity contribution is 6.03. The molecular weight excluding hydrogens is 264 g/mol. The number of hydrogen-bond donors (Lipinski definition) is 0. The van der Waals surface area contributed by atoms with E-state index in [2.05, 4.69) is 0 Å². The highest BCUT2D eigenvalue weighted by Gasteiger charge is 2.67. The van der Waals surface area contributed by atoms with E-state index in [0.717, 1.165) is 12.8 Å². The van der Waals surface area contributed by atoms with Crippen LogP contribution in [0, 0.1) is 11.8 Å². The molecule has 0 spiro atoms. The Kier molecular flexibility index (Phi) is 2.50. The van der Waals surface area contributed by atoms with Crippen LogP contribution in [0.15, 0.2) is 11.1 Å². The summed E-state index contributed by atoms with van der Waals surface area (Å²) in [4.78, 5) is 24.0. The van der Waals surface area contributed by atoms with Crippen molar-refractivity contribution < 1.29 is 28.5 Å². The van der Waals surface area contributed by atoms with Gasteiger partial charge < -0.3 is 18.9 Å². The zero-order valence-corrected chi connectivity index (χ0v) is 11.3. The molecule has 4 heterocycles. The third kappa shape index (κ3) is 1.31. The van der Waals surface area contributed by atoms with E-state index in [9.17, 15) is 9.59 Å². The van der Waals surface area contributed by atoms with Crippen LogP contribution in [0.1, 0.15) is 12.8 Å². The van der Waals surface area contributed by atoms with Crippen molar-refractivity contribution in [2.24, 2.45) is 11.8 Å². The Labute approximate surface area is 116 Å². The smallest absolute Gasteiger partial charge is 0.337 e. The van der Waals surface area contributed by atoms with Crippen molar-refractivity contribution in [3.05, 3.63) is 11.1 Å². The minimum Gasteiger partial charge on any atom is -0.466 e. The first-order valence-corrected chi connectivity index (χ1v) is 6.89. The van der Waals surface area contributed by atoms with Gasteiger partial charge in [-0.3, -0.25) is 0 Å². The van der Waals surface area contributed by atoms with Crippen molar-refractivity contribution in [3.63, 3.8) is 0 Å². The summed E-state index contributed by atoms with van der Waals surface area (Å²) in [5, 5.41) is 0. The molecule has 4 rings (SSSR count). The van der Waals surface area contributed by atoms with Crippen molar-refractivity contribution >= 4 is 11.9 Å². The summed E-state index contributed by atoms with van der Waals surface area (Å²) in [6.07, 6.45) is 1.50. The number of esters is 2. The number of carbonyl (C=O) groups is 2.